The number of nitrogens with zero attached hydrogens (tertiary/aromatic N) is 1. The molecular weight excluding hydrogens is 202 g/mol. The highest BCUT2D eigenvalue weighted by molar-refractivity contribution is 4.88. The minimum atomic E-state index is 0.0159. The molecule has 0 spiro atoms. The van der Waals surface area contributed by atoms with E-state index in [0.717, 1.165) is 44.4 Å². The summed E-state index contributed by atoms with van der Waals surface area (Å²) in [4.78, 5) is 2.51. The number of ether oxygens (including phenoxy) is 1. The maximum absolute atomic E-state index is 9.63. The smallest absolute Gasteiger partial charge is 0.0556 e. The molecule has 0 aromatic heterocycles. The van der Waals surface area contributed by atoms with Crippen LogP contribution in [0.15, 0.2) is 0 Å². The Bertz CT molecular complexity index is 216. The zero-order valence-electron chi connectivity index (χ0n) is 10.6. The van der Waals surface area contributed by atoms with Gasteiger partial charge in [-0.3, -0.25) is 0 Å². The van der Waals surface area contributed by atoms with Gasteiger partial charge in [0, 0.05) is 31.7 Å². The summed E-state index contributed by atoms with van der Waals surface area (Å²) in [6, 6.07) is 0. The molecule has 0 bridgehead atoms. The molecule has 0 saturated carbocycles. The van der Waals surface area contributed by atoms with Crippen molar-refractivity contribution in [1.82, 2.24) is 4.90 Å². The number of hydrogen-bond acceptors (Lipinski definition) is 3. The second-order valence-electron chi connectivity index (χ2n) is 5.96. The third-order valence-corrected chi connectivity index (χ3v) is 4.36. The minimum absolute atomic E-state index is 0.0159. The Balaban J connectivity index is 1.91. The zero-order valence-corrected chi connectivity index (χ0v) is 10.6. The van der Waals surface area contributed by atoms with Crippen LogP contribution in [-0.4, -0.2) is 49.5 Å². The van der Waals surface area contributed by atoms with E-state index >= 15 is 0 Å². The Labute approximate surface area is 98.8 Å². The zero-order chi connectivity index (χ0) is 11.6. The van der Waals surface area contributed by atoms with Crippen molar-refractivity contribution in [2.45, 2.75) is 26.7 Å². The van der Waals surface area contributed by atoms with E-state index in [4.69, 9.17) is 4.74 Å². The van der Waals surface area contributed by atoms with Gasteiger partial charge in [-0.15, -0.1) is 0 Å². The molecule has 0 radical (unpaired) electrons. The Morgan fingerprint density at radius 3 is 2.50 bits per heavy atom. The van der Waals surface area contributed by atoms with Crippen molar-refractivity contribution >= 4 is 0 Å². The second kappa shape index (κ2) is 5.03. The highest BCUT2D eigenvalue weighted by atomic mass is 16.5. The normalized spacial score (nSPS) is 41.4. The van der Waals surface area contributed by atoms with Gasteiger partial charge in [0.05, 0.1) is 13.2 Å². The average molecular weight is 227 g/mol. The van der Waals surface area contributed by atoms with Crippen molar-refractivity contribution in [3.05, 3.63) is 0 Å². The highest BCUT2D eigenvalue weighted by Crippen LogP contribution is 2.32. The molecule has 2 rings (SSSR count). The predicted octanol–water partition coefficient (Wildman–Crippen LogP) is 1.36. The molecule has 2 aliphatic rings. The van der Waals surface area contributed by atoms with Gasteiger partial charge in [0.15, 0.2) is 0 Å². The Hall–Kier alpha value is -0.120. The number of aliphatic hydroxyl groups excluding tert-OH is 1. The van der Waals surface area contributed by atoms with Crippen LogP contribution < -0.4 is 0 Å². The molecular formula is C13H25NO2. The van der Waals surface area contributed by atoms with E-state index in [1.807, 2.05) is 0 Å². The fourth-order valence-corrected chi connectivity index (χ4v) is 3.06. The SMILES string of the molecule is CC1CN(CC2(CO)CCCOC2)CC1C. The lowest BCUT2D eigenvalue weighted by molar-refractivity contribution is -0.0531. The van der Waals surface area contributed by atoms with Crippen LogP contribution in [0.25, 0.3) is 0 Å². The van der Waals surface area contributed by atoms with E-state index in [1.54, 1.807) is 0 Å². The molecule has 3 nitrogen and oxygen atoms in total. The summed E-state index contributed by atoms with van der Waals surface area (Å²) in [5.74, 6) is 1.58. The first-order valence-electron chi connectivity index (χ1n) is 6.56. The number of likely N-dealkylation sites (tertiary alicyclic amines) is 1. The highest BCUT2D eigenvalue weighted by Gasteiger charge is 2.37. The van der Waals surface area contributed by atoms with Gasteiger partial charge in [-0.05, 0) is 24.7 Å². The third kappa shape index (κ3) is 2.58. The van der Waals surface area contributed by atoms with Crippen molar-refractivity contribution in [3.8, 4) is 0 Å². The van der Waals surface area contributed by atoms with Crippen LogP contribution in [0.1, 0.15) is 26.7 Å². The molecule has 3 unspecified atom stereocenters. The van der Waals surface area contributed by atoms with Crippen LogP contribution in [0, 0.1) is 17.3 Å². The van der Waals surface area contributed by atoms with Gasteiger partial charge >= 0.3 is 0 Å². The Morgan fingerprint density at radius 2 is 2.00 bits per heavy atom. The fourth-order valence-electron chi connectivity index (χ4n) is 3.06. The lowest BCUT2D eigenvalue weighted by Gasteiger charge is -2.38. The molecule has 3 heteroatoms. The van der Waals surface area contributed by atoms with Gasteiger partial charge in [-0.1, -0.05) is 13.8 Å². The van der Waals surface area contributed by atoms with E-state index in [2.05, 4.69) is 18.7 Å². The molecule has 16 heavy (non-hydrogen) atoms. The summed E-state index contributed by atoms with van der Waals surface area (Å²) in [6.45, 7) is 9.91. The van der Waals surface area contributed by atoms with Crippen LogP contribution in [0.5, 0.6) is 0 Å². The topological polar surface area (TPSA) is 32.7 Å². The monoisotopic (exact) mass is 227 g/mol. The molecule has 0 aromatic rings. The van der Waals surface area contributed by atoms with Crippen molar-refractivity contribution < 1.29 is 9.84 Å². The van der Waals surface area contributed by atoms with Crippen LogP contribution in [0.4, 0.5) is 0 Å². The Kier molecular flexibility index (Phi) is 3.88. The third-order valence-electron chi connectivity index (χ3n) is 4.36. The minimum Gasteiger partial charge on any atom is -0.396 e. The summed E-state index contributed by atoms with van der Waals surface area (Å²) in [5, 5.41) is 9.63. The molecule has 2 aliphatic heterocycles. The molecule has 2 fully saturated rings. The van der Waals surface area contributed by atoms with Crippen LogP contribution in [0.3, 0.4) is 0 Å². The van der Waals surface area contributed by atoms with E-state index in [0.29, 0.717) is 0 Å². The summed E-state index contributed by atoms with van der Waals surface area (Å²) in [7, 11) is 0. The van der Waals surface area contributed by atoms with Crippen LogP contribution in [-0.2, 0) is 4.74 Å². The lowest BCUT2D eigenvalue weighted by atomic mass is 9.83. The summed E-state index contributed by atoms with van der Waals surface area (Å²) < 4.78 is 5.55. The predicted molar refractivity (Wildman–Crippen MR) is 64.3 cm³/mol. The van der Waals surface area contributed by atoms with Gasteiger partial charge in [0.1, 0.15) is 0 Å². The Morgan fingerprint density at radius 1 is 1.31 bits per heavy atom. The van der Waals surface area contributed by atoms with Crippen molar-refractivity contribution in [2.24, 2.45) is 17.3 Å². The molecule has 3 atom stereocenters. The molecule has 0 amide bonds. The van der Waals surface area contributed by atoms with Gasteiger partial charge in [0.25, 0.3) is 0 Å². The number of rotatable bonds is 3. The molecule has 2 saturated heterocycles. The van der Waals surface area contributed by atoms with E-state index in [-0.39, 0.29) is 12.0 Å². The van der Waals surface area contributed by atoms with E-state index < -0.39 is 0 Å². The maximum atomic E-state index is 9.63. The van der Waals surface area contributed by atoms with E-state index in [9.17, 15) is 5.11 Å². The van der Waals surface area contributed by atoms with Gasteiger partial charge in [0.2, 0.25) is 0 Å². The second-order valence-corrected chi connectivity index (χ2v) is 5.96. The van der Waals surface area contributed by atoms with Crippen LogP contribution in [0.2, 0.25) is 0 Å². The molecule has 1 N–H and O–H groups in total. The first kappa shape index (κ1) is 12.3. The molecule has 2 heterocycles. The van der Waals surface area contributed by atoms with Gasteiger partial charge in [-0.25, -0.2) is 0 Å². The average Bonchev–Trinajstić information content (AvgIpc) is 2.59. The first-order valence-corrected chi connectivity index (χ1v) is 6.56. The summed E-state index contributed by atoms with van der Waals surface area (Å²) in [6.07, 6.45) is 2.21. The number of hydrogen-bond donors (Lipinski definition) is 1. The summed E-state index contributed by atoms with van der Waals surface area (Å²) >= 11 is 0. The van der Waals surface area contributed by atoms with Gasteiger partial charge < -0.3 is 14.7 Å². The van der Waals surface area contributed by atoms with E-state index in [1.165, 1.54) is 13.1 Å². The van der Waals surface area contributed by atoms with Gasteiger partial charge in [-0.2, -0.15) is 0 Å². The molecule has 0 aliphatic carbocycles. The standard InChI is InChI=1S/C13H25NO2/c1-11-6-14(7-12(11)2)8-13(9-15)4-3-5-16-10-13/h11-12,15H,3-10H2,1-2H3. The summed E-state index contributed by atoms with van der Waals surface area (Å²) in [5.41, 5.74) is 0.0159. The molecule has 0 aromatic carbocycles. The lowest BCUT2D eigenvalue weighted by Crippen LogP contribution is -2.45. The molecule has 94 valence electrons. The maximum Gasteiger partial charge on any atom is 0.0556 e. The van der Waals surface area contributed by atoms with Crippen LogP contribution >= 0.6 is 0 Å². The van der Waals surface area contributed by atoms with Crippen molar-refractivity contribution in [2.75, 3.05) is 39.5 Å². The van der Waals surface area contributed by atoms with Crippen molar-refractivity contribution in [3.63, 3.8) is 0 Å². The largest absolute Gasteiger partial charge is 0.396 e. The quantitative estimate of drug-likeness (QED) is 0.790. The van der Waals surface area contributed by atoms with Crippen molar-refractivity contribution in [1.29, 1.82) is 0 Å². The fraction of sp³-hybridized carbons (Fsp3) is 1.00. The number of aliphatic hydroxyl groups is 1. The first-order chi connectivity index (χ1) is 7.65.